The van der Waals surface area contributed by atoms with E-state index in [2.05, 4.69) is 4.98 Å². The fourth-order valence-corrected chi connectivity index (χ4v) is 3.89. The van der Waals surface area contributed by atoms with Crippen molar-refractivity contribution in [3.8, 4) is 5.75 Å². The van der Waals surface area contributed by atoms with E-state index in [4.69, 9.17) is 4.74 Å². The van der Waals surface area contributed by atoms with Gasteiger partial charge in [-0.25, -0.2) is 0 Å². The van der Waals surface area contributed by atoms with E-state index in [0.29, 0.717) is 46.1 Å². The highest BCUT2D eigenvalue weighted by Crippen LogP contribution is 2.38. The molecule has 0 fully saturated rings. The molecule has 5 rings (SSSR count). The second-order valence-electron chi connectivity index (χ2n) is 6.63. The number of hydrogen-bond donors (Lipinski definition) is 2. The summed E-state index contributed by atoms with van der Waals surface area (Å²) in [5, 5.41) is 12.7. The van der Waals surface area contributed by atoms with Crippen molar-refractivity contribution in [2.75, 3.05) is 6.61 Å². The van der Waals surface area contributed by atoms with Crippen molar-refractivity contribution in [1.82, 2.24) is 4.98 Å². The first-order chi connectivity index (χ1) is 12.6. The van der Waals surface area contributed by atoms with Gasteiger partial charge in [-0.05, 0) is 41.5 Å². The van der Waals surface area contributed by atoms with Crippen LogP contribution in [-0.2, 0) is 4.79 Å². The van der Waals surface area contributed by atoms with Crippen molar-refractivity contribution in [2.45, 2.75) is 12.3 Å². The number of aromatic amines is 1. The third-order valence-electron chi connectivity index (χ3n) is 5.15. The molecule has 5 heteroatoms. The molecule has 2 heterocycles. The van der Waals surface area contributed by atoms with Crippen molar-refractivity contribution >= 4 is 38.5 Å². The van der Waals surface area contributed by atoms with E-state index in [1.165, 1.54) is 0 Å². The molecule has 0 saturated heterocycles. The van der Waals surface area contributed by atoms with Gasteiger partial charge in [0.15, 0.2) is 5.43 Å². The zero-order valence-electron chi connectivity index (χ0n) is 13.8. The molecule has 0 radical (unpaired) electrons. The Morgan fingerprint density at radius 2 is 1.85 bits per heavy atom. The van der Waals surface area contributed by atoms with Crippen LogP contribution in [0.5, 0.6) is 5.75 Å². The van der Waals surface area contributed by atoms with Crippen molar-refractivity contribution < 1.29 is 14.6 Å². The first-order valence-corrected chi connectivity index (χ1v) is 8.50. The Bertz CT molecular complexity index is 1270. The summed E-state index contributed by atoms with van der Waals surface area (Å²) in [5.74, 6) is -1.05. The van der Waals surface area contributed by atoms with Crippen LogP contribution in [0.1, 0.15) is 17.9 Å². The van der Waals surface area contributed by atoms with Gasteiger partial charge in [-0.15, -0.1) is 0 Å². The maximum Gasteiger partial charge on any atom is 0.311 e. The molecule has 3 aromatic carbocycles. The number of aliphatic carboxylic acids is 1. The van der Waals surface area contributed by atoms with Crippen LogP contribution in [0.3, 0.4) is 0 Å². The molecule has 26 heavy (non-hydrogen) atoms. The summed E-state index contributed by atoms with van der Waals surface area (Å²) in [6, 6.07) is 15.1. The predicted octanol–water partition coefficient (Wildman–Crippen LogP) is 3.79. The van der Waals surface area contributed by atoms with Gasteiger partial charge in [-0.1, -0.05) is 24.3 Å². The number of aromatic nitrogens is 1. The van der Waals surface area contributed by atoms with Gasteiger partial charge in [0, 0.05) is 16.3 Å². The zero-order chi connectivity index (χ0) is 17.8. The first kappa shape index (κ1) is 15.0. The molecule has 128 valence electrons. The van der Waals surface area contributed by atoms with Crippen molar-refractivity contribution in [2.24, 2.45) is 0 Å². The van der Waals surface area contributed by atoms with Gasteiger partial charge in [0.1, 0.15) is 5.75 Å². The third kappa shape index (κ3) is 2.03. The lowest BCUT2D eigenvalue weighted by atomic mass is 9.90. The molecular weight excluding hydrogens is 330 g/mol. The van der Waals surface area contributed by atoms with E-state index < -0.39 is 11.9 Å². The molecule has 1 atom stereocenters. The molecule has 5 nitrogen and oxygen atoms in total. The molecule has 1 aromatic heterocycles. The number of H-pyrrole nitrogens is 1. The molecule has 0 bridgehead atoms. The number of carboxylic acid groups (broad SMARTS) is 1. The summed E-state index contributed by atoms with van der Waals surface area (Å²) < 4.78 is 5.65. The predicted molar refractivity (Wildman–Crippen MR) is 100 cm³/mol. The minimum absolute atomic E-state index is 0.1000. The normalized spacial score (nSPS) is 16.5. The van der Waals surface area contributed by atoms with Crippen LogP contribution in [0, 0.1) is 0 Å². The van der Waals surface area contributed by atoms with Crippen LogP contribution in [0.25, 0.3) is 32.6 Å². The Balaban J connectivity index is 1.94. The van der Waals surface area contributed by atoms with Gasteiger partial charge in [0.25, 0.3) is 0 Å². The summed E-state index contributed by atoms with van der Waals surface area (Å²) in [4.78, 5) is 28.1. The maximum atomic E-state index is 13.1. The Morgan fingerprint density at radius 3 is 2.62 bits per heavy atom. The van der Waals surface area contributed by atoms with Crippen molar-refractivity contribution in [1.29, 1.82) is 0 Å². The van der Waals surface area contributed by atoms with Crippen LogP contribution < -0.4 is 10.2 Å². The lowest BCUT2D eigenvalue weighted by molar-refractivity contribution is -0.139. The number of carboxylic acids is 1. The highest BCUT2D eigenvalue weighted by molar-refractivity contribution is 6.02. The quantitative estimate of drug-likeness (QED) is 0.515. The van der Waals surface area contributed by atoms with E-state index in [0.717, 1.165) is 10.8 Å². The standard InChI is InChI=1S/C21H15NO4/c23-20-14-5-6-17-18(13(21(24)25)7-8-26-17)19(14)22-16-10-12-4-2-1-3-11(12)9-15(16)20/h1-6,9-10,13H,7-8H2,(H,22,23)(H,24,25). The van der Waals surface area contributed by atoms with Gasteiger partial charge in [-0.2, -0.15) is 0 Å². The summed E-state index contributed by atoms with van der Waals surface area (Å²) in [6.07, 6.45) is 0.388. The van der Waals surface area contributed by atoms with E-state index in [1.807, 2.05) is 36.4 Å². The van der Waals surface area contributed by atoms with Gasteiger partial charge in [0.05, 0.1) is 23.6 Å². The first-order valence-electron chi connectivity index (χ1n) is 8.50. The molecule has 1 aliphatic rings. The number of fused-ring (bicyclic) bond motifs is 5. The molecule has 0 amide bonds. The van der Waals surface area contributed by atoms with Crippen LogP contribution in [-0.4, -0.2) is 22.7 Å². The molecule has 1 unspecified atom stereocenters. The zero-order valence-corrected chi connectivity index (χ0v) is 13.8. The van der Waals surface area contributed by atoms with Crippen molar-refractivity contribution in [3.05, 3.63) is 64.3 Å². The van der Waals surface area contributed by atoms with Gasteiger partial charge < -0.3 is 14.8 Å². The average Bonchev–Trinajstić information content (AvgIpc) is 2.66. The number of rotatable bonds is 1. The average molecular weight is 345 g/mol. The van der Waals surface area contributed by atoms with E-state index in [1.54, 1.807) is 12.1 Å². The van der Waals surface area contributed by atoms with E-state index >= 15 is 0 Å². The molecule has 2 N–H and O–H groups in total. The largest absolute Gasteiger partial charge is 0.493 e. The monoisotopic (exact) mass is 345 g/mol. The number of ether oxygens (including phenoxy) is 1. The third-order valence-corrected chi connectivity index (χ3v) is 5.15. The van der Waals surface area contributed by atoms with Gasteiger partial charge in [0.2, 0.25) is 0 Å². The molecule has 4 aromatic rings. The number of pyridine rings is 1. The van der Waals surface area contributed by atoms with Gasteiger partial charge in [-0.3, -0.25) is 9.59 Å². The smallest absolute Gasteiger partial charge is 0.311 e. The molecule has 0 aliphatic carbocycles. The fourth-order valence-electron chi connectivity index (χ4n) is 3.89. The highest BCUT2D eigenvalue weighted by Gasteiger charge is 2.30. The van der Waals surface area contributed by atoms with E-state index in [9.17, 15) is 14.7 Å². The fraction of sp³-hybridized carbons (Fsp3) is 0.143. The minimum atomic E-state index is -0.901. The second kappa shape index (κ2) is 5.33. The SMILES string of the molecule is O=C(O)C1CCOc2ccc3c(=O)c4cc5ccccc5cc4[nH]c3c21. The lowest BCUT2D eigenvalue weighted by Crippen LogP contribution is -2.22. The maximum absolute atomic E-state index is 13.1. The van der Waals surface area contributed by atoms with Crippen LogP contribution in [0.15, 0.2) is 53.3 Å². The Labute approximate surface area is 147 Å². The topological polar surface area (TPSA) is 79.4 Å². The van der Waals surface area contributed by atoms with E-state index in [-0.39, 0.29) is 5.43 Å². The Kier molecular flexibility index (Phi) is 3.06. The number of carbonyl (C=O) groups is 1. The van der Waals surface area contributed by atoms with Crippen LogP contribution in [0.2, 0.25) is 0 Å². The summed E-state index contributed by atoms with van der Waals surface area (Å²) >= 11 is 0. The molecule has 0 spiro atoms. The summed E-state index contributed by atoms with van der Waals surface area (Å²) in [6.45, 7) is 0.359. The number of benzene rings is 3. The number of hydrogen-bond acceptors (Lipinski definition) is 3. The van der Waals surface area contributed by atoms with Crippen LogP contribution >= 0.6 is 0 Å². The Hall–Kier alpha value is -3.34. The molecule has 1 aliphatic heterocycles. The second-order valence-corrected chi connectivity index (χ2v) is 6.63. The molecule has 0 saturated carbocycles. The lowest BCUT2D eigenvalue weighted by Gasteiger charge is -2.24. The number of nitrogens with one attached hydrogen (secondary N) is 1. The summed E-state index contributed by atoms with van der Waals surface area (Å²) in [7, 11) is 0. The highest BCUT2D eigenvalue weighted by atomic mass is 16.5. The molecular formula is C21H15NO4. The van der Waals surface area contributed by atoms with Crippen molar-refractivity contribution in [3.63, 3.8) is 0 Å². The summed E-state index contributed by atoms with van der Waals surface area (Å²) in [5.41, 5.74) is 1.72. The van der Waals surface area contributed by atoms with Gasteiger partial charge >= 0.3 is 5.97 Å². The van der Waals surface area contributed by atoms with Crippen LogP contribution in [0.4, 0.5) is 0 Å². The Morgan fingerprint density at radius 1 is 1.08 bits per heavy atom. The minimum Gasteiger partial charge on any atom is -0.493 e.